The number of para-hydroxylation sites is 1. The second-order valence-electron chi connectivity index (χ2n) is 9.02. The van der Waals surface area contributed by atoms with E-state index in [9.17, 15) is 0 Å². The fourth-order valence-electron chi connectivity index (χ4n) is 4.64. The van der Waals surface area contributed by atoms with Gasteiger partial charge in [-0.15, -0.1) is 0 Å². The van der Waals surface area contributed by atoms with Crippen molar-refractivity contribution < 1.29 is 0 Å². The monoisotopic (exact) mass is 530 g/mol. The minimum atomic E-state index is -0.0658. The average Bonchev–Trinajstić information content (AvgIpc) is 2.85. The molecule has 34 heavy (non-hydrogen) atoms. The molecule has 1 aromatic heterocycles. The molecule has 173 valence electrons. The zero-order chi connectivity index (χ0) is 23.5. The summed E-state index contributed by atoms with van der Waals surface area (Å²) in [5.41, 5.74) is 2.10. The number of hydrogen-bond donors (Lipinski definition) is 2. The summed E-state index contributed by atoms with van der Waals surface area (Å²) >= 11 is 5.59. The van der Waals surface area contributed by atoms with E-state index in [2.05, 4.69) is 96.4 Å². The van der Waals surface area contributed by atoms with Crippen LogP contribution in [0.5, 0.6) is 0 Å². The maximum atomic E-state index is 5.66. The van der Waals surface area contributed by atoms with Gasteiger partial charge in [-0.3, -0.25) is 0 Å². The van der Waals surface area contributed by atoms with Gasteiger partial charge in [0.25, 0.3) is 0 Å². The Morgan fingerprint density at radius 2 is 1.59 bits per heavy atom. The van der Waals surface area contributed by atoms with Crippen molar-refractivity contribution in [3.63, 3.8) is 0 Å². The molecule has 3 aromatic carbocycles. The molecule has 1 fully saturated rings. The zero-order valence-electron chi connectivity index (χ0n) is 19.5. The fraction of sp³-hybridized carbons (Fsp3) is 0.296. The van der Waals surface area contributed by atoms with Gasteiger partial charge in [0.2, 0.25) is 0 Å². The summed E-state index contributed by atoms with van der Waals surface area (Å²) in [6.07, 6.45) is 4.65. The number of benzene rings is 3. The summed E-state index contributed by atoms with van der Waals surface area (Å²) in [6.45, 7) is 0. The van der Waals surface area contributed by atoms with Crippen LogP contribution in [-0.2, 0) is 0 Å². The van der Waals surface area contributed by atoms with Crippen molar-refractivity contribution in [2.75, 3.05) is 24.3 Å². The van der Waals surface area contributed by atoms with Crippen LogP contribution in [0.2, 0.25) is 4.71 Å². The Balaban J connectivity index is 1.18. The molecular weight excluding hydrogens is 501 g/mol. The van der Waals surface area contributed by atoms with E-state index in [0.717, 1.165) is 39.9 Å². The van der Waals surface area contributed by atoms with Crippen molar-refractivity contribution in [2.45, 2.75) is 36.4 Å². The number of fused-ring (bicyclic) bond motifs is 2. The van der Waals surface area contributed by atoms with Crippen LogP contribution in [0, 0.1) is 0 Å². The number of thiocarbonyl (C=S) groups is 1. The van der Waals surface area contributed by atoms with Crippen molar-refractivity contribution in [1.29, 1.82) is 0 Å². The van der Waals surface area contributed by atoms with Crippen molar-refractivity contribution >= 4 is 70.9 Å². The molecule has 5 nitrogen and oxygen atoms in total. The number of nitrogens with zero attached hydrogens (tertiary/aromatic N) is 3. The zero-order valence-corrected chi connectivity index (χ0v) is 22.2. The molecule has 0 spiro atoms. The van der Waals surface area contributed by atoms with Crippen LogP contribution in [0.15, 0.2) is 66.7 Å². The van der Waals surface area contributed by atoms with E-state index < -0.39 is 0 Å². The van der Waals surface area contributed by atoms with E-state index >= 15 is 0 Å². The summed E-state index contributed by atoms with van der Waals surface area (Å²) in [6, 6.07) is 23.4. The maximum absolute atomic E-state index is 5.66. The van der Waals surface area contributed by atoms with Crippen LogP contribution in [0.3, 0.4) is 0 Å². The molecule has 0 aliphatic heterocycles. The Kier molecular flexibility index (Phi) is 6.98. The van der Waals surface area contributed by atoms with Crippen LogP contribution >= 0.6 is 12.2 Å². The van der Waals surface area contributed by atoms with E-state index in [1.165, 1.54) is 23.6 Å². The molecule has 0 saturated heterocycles. The third-order valence-electron chi connectivity index (χ3n) is 6.36. The third-order valence-corrected chi connectivity index (χ3v) is 9.34. The van der Waals surface area contributed by atoms with Gasteiger partial charge in [-0.1, -0.05) is 0 Å². The molecule has 1 aliphatic carbocycles. The summed E-state index contributed by atoms with van der Waals surface area (Å²) in [5.74, 6) is 1.02. The molecule has 1 radical (unpaired) electrons. The fourth-order valence-corrected chi connectivity index (χ4v) is 7.43. The van der Waals surface area contributed by atoms with Gasteiger partial charge in [-0.05, 0) is 0 Å². The molecule has 0 atom stereocenters. The summed E-state index contributed by atoms with van der Waals surface area (Å²) < 4.78 is 1.74. The Morgan fingerprint density at radius 3 is 2.38 bits per heavy atom. The van der Waals surface area contributed by atoms with Crippen LogP contribution < -0.4 is 20.1 Å². The number of aromatic nitrogens is 2. The van der Waals surface area contributed by atoms with Crippen molar-refractivity contribution in [1.82, 2.24) is 15.3 Å². The van der Waals surface area contributed by atoms with Gasteiger partial charge >= 0.3 is 214 Å². The quantitative estimate of drug-likeness (QED) is 0.283. The first-order valence-electron chi connectivity index (χ1n) is 11.8. The molecule has 5 rings (SSSR count). The average molecular weight is 531 g/mol. The third kappa shape index (κ3) is 5.18. The van der Waals surface area contributed by atoms with Gasteiger partial charge in [-0.2, -0.15) is 0 Å². The summed E-state index contributed by atoms with van der Waals surface area (Å²) in [4.78, 5) is 11.9. The first-order chi connectivity index (χ1) is 16.6. The van der Waals surface area contributed by atoms with Crippen LogP contribution in [0.25, 0.3) is 21.7 Å². The number of nitrogens with one attached hydrogen (secondary N) is 2. The predicted molar refractivity (Wildman–Crippen MR) is 149 cm³/mol. The first kappa shape index (κ1) is 23.1. The van der Waals surface area contributed by atoms with Crippen molar-refractivity contribution in [3.05, 3.63) is 66.7 Å². The van der Waals surface area contributed by atoms with Crippen molar-refractivity contribution in [3.8, 4) is 0 Å². The molecule has 1 heterocycles. The molecule has 0 amide bonds. The SMILES string of the molecule is CN(C)c1nc([As]C2CCC(NC(=S)Nc3cccc4ccccc34)CC2)nc2ccccc12. The molecule has 4 aromatic rings. The standard InChI is InChI=1S/C27H29AsN5S/c1-33(2)25-22-11-5-6-12-24(22)30-26(32-25)28-19-14-16-20(17-15-19)29-27(34)31-23-13-7-9-18-8-3-4-10-21(18)23/h3-13,19-20H,14-17H2,1-2H3,(H2,29,31,34). The first-order valence-corrected chi connectivity index (χ1v) is 14.2. The van der Waals surface area contributed by atoms with Crippen LogP contribution in [0.4, 0.5) is 11.5 Å². The number of rotatable bonds is 5. The van der Waals surface area contributed by atoms with Crippen molar-refractivity contribution in [2.24, 2.45) is 0 Å². The Morgan fingerprint density at radius 1 is 0.882 bits per heavy atom. The molecule has 1 aliphatic rings. The molecular formula is C27H29AsN5S. The van der Waals surface area contributed by atoms with Crippen LogP contribution in [0.1, 0.15) is 25.7 Å². The van der Waals surface area contributed by atoms with Gasteiger partial charge < -0.3 is 0 Å². The predicted octanol–water partition coefficient (Wildman–Crippen LogP) is 4.90. The van der Waals surface area contributed by atoms with E-state index in [4.69, 9.17) is 22.2 Å². The second-order valence-corrected chi connectivity index (χ2v) is 12.3. The molecule has 1 saturated carbocycles. The Labute approximate surface area is 213 Å². The molecule has 2 N–H and O–H groups in total. The van der Waals surface area contributed by atoms with E-state index in [-0.39, 0.29) is 15.8 Å². The van der Waals surface area contributed by atoms with Gasteiger partial charge in [0, 0.05) is 0 Å². The normalized spacial score (nSPS) is 18.4. The van der Waals surface area contributed by atoms with Gasteiger partial charge in [0.05, 0.1) is 0 Å². The van der Waals surface area contributed by atoms with E-state index in [0.29, 0.717) is 15.9 Å². The molecule has 7 heteroatoms. The van der Waals surface area contributed by atoms with Gasteiger partial charge in [0.15, 0.2) is 0 Å². The second kappa shape index (κ2) is 10.3. The Hall–Kier alpha value is -2.69. The van der Waals surface area contributed by atoms with E-state index in [1.807, 2.05) is 0 Å². The summed E-state index contributed by atoms with van der Waals surface area (Å²) in [7, 11) is 4.11. The van der Waals surface area contributed by atoms with Crippen LogP contribution in [-0.4, -0.2) is 51.0 Å². The summed E-state index contributed by atoms with van der Waals surface area (Å²) in [5, 5.41) is 11.2. The van der Waals surface area contributed by atoms with Gasteiger partial charge in [0.1, 0.15) is 0 Å². The molecule has 0 unspecified atom stereocenters. The minimum absolute atomic E-state index is 0.0658. The van der Waals surface area contributed by atoms with Gasteiger partial charge in [-0.25, -0.2) is 0 Å². The number of anilines is 2. The van der Waals surface area contributed by atoms with E-state index in [1.54, 1.807) is 0 Å². The Bertz CT molecular complexity index is 1310. The topological polar surface area (TPSA) is 53.1 Å². The molecule has 0 bridgehead atoms. The number of hydrogen-bond acceptors (Lipinski definition) is 4.